The van der Waals surface area contributed by atoms with E-state index >= 15 is 0 Å². The Hall–Kier alpha value is -2.12. The zero-order valence-electron chi connectivity index (χ0n) is 16.6. The first-order chi connectivity index (χ1) is 13.6. The SMILES string of the molecule is CCCn1c(SCC(=O)NCc2ccccc2)nnc1-c1csc(C)c1CC. The van der Waals surface area contributed by atoms with Gasteiger partial charge in [0.05, 0.1) is 5.75 Å². The highest BCUT2D eigenvalue weighted by Gasteiger charge is 2.19. The van der Waals surface area contributed by atoms with Gasteiger partial charge in [0.15, 0.2) is 11.0 Å². The number of thiophene rings is 1. The van der Waals surface area contributed by atoms with Crippen molar-refractivity contribution >= 4 is 29.0 Å². The second-order valence-corrected chi connectivity index (χ2v) is 8.57. The molecule has 148 valence electrons. The van der Waals surface area contributed by atoms with Crippen LogP contribution >= 0.6 is 23.1 Å². The van der Waals surface area contributed by atoms with E-state index in [9.17, 15) is 4.79 Å². The van der Waals surface area contributed by atoms with E-state index in [1.54, 1.807) is 11.3 Å². The Morgan fingerprint density at radius 2 is 2.00 bits per heavy atom. The Balaban J connectivity index is 1.68. The summed E-state index contributed by atoms with van der Waals surface area (Å²) in [5, 5.41) is 14.8. The minimum absolute atomic E-state index is 0.00192. The van der Waals surface area contributed by atoms with E-state index in [0.29, 0.717) is 12.3 Å². The Morgan fingerprint density at radius 1 is 1.21 bits per heavy atom. The molecule has 0 spiro atoms. The molecule has 0 saturated carbocycles. The molecule has 5 nitrogen and oxygen atoms in total. The number of nitrogens with zero attached hydrogens (tertiary/aromatic N) is 3. The van der Waals surface area contributed by atoms with Gasteiger partial charge in [-0.1, -0.05) is 55.9 Å². The molecule has 0 fully saturated rings. The fourth-order valence-electron chi connectivity index (χ4n) is 3.10. The molecule has 0 saturated heterocycles. The summed E-state index contributed by atoms with van der Waals surface area (Å²) in [5.74, 6) is 1.25. The van der Waals surface area contributed by atoms with Gasteiger partial charge in [0.25, 0.3) is 0 Å². The molecule has 0 aliphatic rings. The third-order valence-electron chi connectivity index (χ3n) is 4.53. The molecule has 1 aromatic carbocycles. The maximum Gasteiger partial charge on any atom is 0.230 e. The molecule has 2 aromatic heterocycles. The van der Waals surface area contributed by atoms with E-state index in [0.717, 1.165) is 35.9 Å². The van der Waals surface area contributed by atoms with Crippen LogP contribution < -0.4 is 5.32 Å². The number of nitrogens with one attached hydrogen (secondary N) is 1. The maximum absolute atomic E-state index is 12.3. The number of aryl methyl sites for hydroxylation is 1. The summed E-state index contributed by atoms with van der Waals surface area (Å²) in [4.78, 5) is 13.6. The van der Waals surface area contributed by atoms with Gasteiger partial charge in [-0.15, -0.1) is 21.5 Å². The highest BCUT2D eigenvalue weighted by Crippen LogP contribution is 2.32. The van der Waals surface area contributed by atoms with E-state index in [4.69, 9.17) is 0 Å². The number of benzene rings is 1. The smallest absolute Gasteiger partial charge is 0.230 e. The number of carbonyl (C=O) groups is 1. The van der Waals surface area contributed by atoms with Crippen molar-refractivity contribution < 1.29 is 4.79 Å². The van der Waals surface area contributed by atoms with E-state index in [1.165, 1.54) is 27.8 Å². The zero-order valence-corrected chi connectivity index (χ0v) is 18.2. The van der Waals surface area contributed by atoms with E-state index in [-0.39, 0.29) is 5.91 Å². The number of amides is 1. The number of thioether (sulfide) groups is 1. The molecule has 0 unspecified atom stereocenters. The Morgan fingerprint density at radius 3 is 2.71 bits per heavy atom. The summed E-state index contributed by atoms with van der Waals surface area (Å²) in [6.45, 7) is 7.85. The highest BCUT2D eigenvalue weighted by molar-refractivity contribution is 7.99. The van der Waals surface area contributed by atoms with Gasteiger partial charge in [0.1, 0.15) is 0 Å². The van der Waals surface area contributed by atoms with Crippen molar-refractivity contribution in [3.63, 3.8) is 0 Å². The van der Waals surface area contributed by atoms with Gasteiger partial charge in [-0.2, -0.15) is 0 Å². The lowest BCUT2D eigenvalue weighted by molar-refractivity contribution is -0.118. The van der Waals surface area contributed by atoms with E-state index in [1.807, 2.05) is 30.3 Å². The van der Waals surface area contributed by atoms with E-state index in [2.05, 4.69) is 46.2 Å². The van der Waals surface area contributed by atoms with Gasteiger partial charge >= 0.3 is 0 Å². The number of aromatic nitrogens is 3. The average molecular weight is 415 g/mol. The van der Waals surface area contributed by atoms with Crippen molar-refractivity contribution in [1.82, 2.24) is 20.1 Å². The van der Waals surface area contributed by atoms with Gasteiger partial charge in [0.2, 0.25) is 5.91 Å². The van der Waals surface area contributed by atoms with Crippen LogP contribution in [0.15, 0.2) is 40.9 Å². The molecule has 3 aromatic rings. The lowest BCUT2D eigenvalue weighted by Crippen LogP contribution is -2.24. The first-order valence-electron chi connectivity index (χ1n) is 9.58. The fourth-order valence-corrected chi connectivity index (χ4v) is 4.84. The standard InChI is InChI=1S/C21H26N4OS2/c1-4-11-25-20(18-13-27-15(3)17(18)5-2)23-24-21(25)28-14-19(26)22-12-16-9-7-6-8-10-16/h6-10,13H,4-5,11-12,14H2,1-3H3,(H,22,26). The van der Waals surface area contributed by atoms with Crippen LogP contribution in [0, 0.1) is 6.92 Å². The number of carbonyl (C=O) groups excluding carboxylic acids is 1. The molecule has 3 rings (SSSR count). The van der Waals surface area contributed by atoms with Crippen molar-refractivity contribution in [1.29, 1.82) is 0 Å². The van der Waals surface area contributed by atoms with Crippen LogP contribution in [-0.4, -0.2) is 26.4 Å². The summed E-state index contributed by atoms with van der Waals surface area (Å²) >= 11 is 3.20. The Kier molecular flexibility index (Phi) is 7.28. The molecular formula is C21H26N4OS2. The van der Waals surface area contributed by atoms with Gasteiger partial charge in [0, 0.05) is 28.9 Å². The zero-order chi connectivity index (χ0) is 19.9. The molecule has 0 radical (unpaired) electrons. The third kappa shape index (κ3) is 4.83. The fraction of sp³-hybridized carbons (Fsp3) is 0.381. The van der Waals surface area contributed by atoms with Crippen LogP contribution in [0.4, 0.5) is 0 Å². The molecule has 1 N–H and O–H groups in total. The monoisotopic (exact) mass is 414 g/mol. The minimum Gasteiger partial charge on any atom is -0.351 e. The normalized spacial score (nSPS) is 11.0. The second kappa shape index (κ2) is 9.89. The summed E-state index contributed by atoms with van der Waals surface area (Å²) in [6, 6.07) is 9.93. The molecule has 1 amide bonds. The van der Waals surface area contributed by atoms with Crippen molar-refractivity contribution in [2.45, 2.75) is 51.9 Å². The number of rotatable bonds is 9. The lowest BCUT2D eigenvalue weighted by Gasteiger charge is -2.10. The molecule has 28 heavy (non-hydrogen) atoms. The van der Waals surface area contributed by atoms with Gasteiger partial charge < -0.3 is 9.88 Å². The summed E-state index contributed by atoms with van der Waals surface area (Å²) in [7, 11) is 0. The third-order valence-corrected chi connectivity index (χ3v) is 6.45. The van der Waals surface area contributed by atoms with Crippen molar-refractivity contribution in [2.24, 2.45) is 0 Å². The average Bonchev–Trinajstić information content (AvgIpc) is 3.28. The molecule has 0 aliphatic heterocycles. The van der Waals surface area contributed by atoms with E-state index < -0.39 is 0 Å². The molecule has 0 aliphatic carbocycles. The molecule has 7 heteroatoms. The second-order valence-electron chi connectivity index (χ2n) is 6.55. The van der Waals surface area contributed by atoms with Crippen LogP contribution in [0.5, 0.6) is 0 Å². The Labute approximate surface area is 174 Å². The van der Waals surface area contributed by atoms with Crippen molar-refractivity contribution in [3.05, 3.63) is 51.7 Å². The van der Waals surface area contributed by atoms with Gasteiger partial charge in [-0.05, 0) is 30.9 Å². The van der Waals surface area contributed by atoms with Crippen LogP contribution in [-0.2, 0) is 24.3 Å². The minimum atomic E-state index is 0.00192. The summed E-state index contributed by atoms with van der Waals surface area (Å²) < 4.78 is 2.15. The predicted molar refractivity (Wildman–Crippen MR) is 117 cm³/mol. The lowest BCUT2D eigenvalue weighted by atomic mass is 10.1. The first kappa shape index (κ1) is 20.6. The van der Waals surface area contributed by atoms with Crippen LogP contribution in [0.25, 0.3) is 11.4 Å². The molecule has 2 heterocycles. The van der Waals surface area contributed by atoms with Crippen molar-refractivity contribution in [3.8, 4) is 11.4 Å². The summed E-state index contributed by atoms with van der Waals surface area (Å²) in [6.07, 6.45) is 1.97. The van der Waals surface area contributed by atoms with Crippen LogP contribution in [0.3, 0.4) is 0 Å². The largest absolute Gasteiger partial charge is 0.351 e. The number of hydrogen-bond donors (Lipinski definition) is 1. The van der Waals surface area contributed by atoms with Gasteiger partial charge in [-0.25, -0.2) is 0 Å². The quantitative estimate of drug-likeness (QED) is 0.516. The number of hydrogen-bond acceptors (Lipinski definition) is 5. The summed E-state index contributed by atoms with van der Waals surface area (Å²) in [5.41, 5.74) is 3.61. The molecule has 0 bridgehead atoms. The van der Waals surface area contributed by atoms with Crippen molar-refractivity contribution in [2.75, 3.05) is 5.75 Å². The first-order valence-corrected chi connectivity index (χ1v) is 11.4. The van der Waals surface area contributed by atoms with Gasteiger partial charge in [-0.3, -0.25) is 4.79 Å². The predicted octanol–water partition coefficient (Wildman–Crippen LogP) is 4.70. The molecular weight excluding hydrogens is 388 g/mol. The van der Waals surface area contributed by atoms with Crippen LogP contribution in [0.2, 0.25) is 0 Å². The topological polar surface area (TPSA) is 59.8 Å². The highest BCUT2D eigenvalue weighted by atomic mass is 32.2. The molecule has 0 atom stereocenters. The Bertz CT molecular complexity index is 918. The maximum atomic E-state index is 12.3. The van der Waals surface area contributed by atoms with Crippen LogP contribution in [0.1, 0.15) is 36.3 Å².